The van der Waals surface area contributed by atoms with Crippen molar-refractivity contribution >= 4 is 22.6 Å². The van der Waals surface area contributed by atoms with Crippen LogP contribution in [0.3, 0.4) is 0 Å². The molecule has 1 heterocycles. The Labute approximate surface area is 125 Å². The Morgan fingerprint density at radius 3 is 2.75 bits per heavy atom. The van der Waals surface area contributed by atoms with Gasteiger partial charge in [0.05, 0.1) is 18.5 Å². The lowest BCUT2D eigenvalue weighted by atomic mass is 10.3. The third-order valence-electron chi connectivity index (χ3n) is 3.72. The van der Waals surface area contributed by atoms with Crippen LogP contribution in [0.4, 0.5) is 0 Å². The average Bonchev–Trinajstić information content (AvgIpc) is 2.82. The lowest BCUT2D eigenvalue weighted by Crippen LogP contribution is -2.30. The zero-order valence-corrected chi connectivity index (χ0v) is 13.3. The van der Waals surface area contributed by atoms with Crippen molar-refractivity contribution in [3.8, 4) is 5.75 Å². The van der Waals surface area contributed by atoms with Crippen molar-refractivity contribution in [1.82, 2.24) is 14.5 Å². The number of methoxy groups -OCH3 is 1. The quantitative estimate of drug-likeness (QED) is 0.767. The highest BCUT2D eigenvalue weighted by Gasteiger charge is 2.14. The number of rotatable bonds is 6. The number of imidazole rings is 1. The molecule has 0 amide bonds. The highest BCUT2D eigenvalue weighted by atomic mass is 35.5. The summed E-state index contributed by atoms with van der Waals surface area (Å²) in [6, 6.07) is 6.51. The summed E-state index contributed by atoms with van der Waals surface area (Å²) < 4.78 is 7.56. The number of nitrogens with zero attached hydrogens (tertiary/aromatic N) is 3. The van der Waals surface area contributed by atoms with Crippen LogP contribution >= 0.6 is 11.6 Å². The molecule has 4 nitrogen and oxygen atoms in total. The molecule has 5 heteroatoms. The van der Waals surface area contributed by atoms with Crippen LogP contribution in [0, 0.1) is 0 Å². The van der Waals surface area contributed by atoms with Gasteiger partial charge in [0.2, 0.25) is 0 Å². The second kappa shape index (κ2) is 6.46. The molecule has 2 rings (SSSR count). The van der Waals surface area contributed by atoms with E-state index in [4.69, 9.17) is 16.3 Å². The number of ether oxygens (including phenoxy) is 1. The Bertz CT molecular complexity index is 580. The molecule has 0 saturated heterocycles. The first-order valence-electron chi connectivity index (χ1n) is 6.86. The van der Waals surface area contributed by atoms with Gasteiger partial charge in [-0.3, -0.25) is 0 Å². The highest BCUT2D eigenvalue weighted by Crippen LogP contribution is 2.26. The zero-order valence-electron chi connectivity index (χ0n) is 12.6. The Morgan fingerprint density at radius 2 is 2.15 bits per heavy atom. The summed E-state index contributed by atoms with van der Waals surface area (Å²) in [6.07, 6.45) is 0. The monoisotopic (exact) mass is 295 g/mol. The molecule has 0 spiro atoms. The van der Waals surface area contributed by atoms with Crippen molar-refractivity contribution in [1.29, 1.82) is 0 Å². The lowest BCUT2D eigenvalue weighted by Gasteiger charge is -2.21. The van der Waals surface area contributed by atoms with Gasteiger partial charge in [-0.05, 0) is 33.0 Å². The van der Waals surface area contributed by atoms with E-state index in [9.17, 15) is 0 Å². The van der Waals surface area contributed by atoms with Gasteiger partial charge in [0.25, 0.3) is 0 Å². The maximum Gasteiger partial charge on any atom is 0.146 e. The van der Waals surface area contributed by atoms with Gasteiger partial charge in [-0.15, -0.1) is 11.6 Å². The number of halogens is 1. The summed E-state index contributed by atoms with van der Waals surface area (Å²) in [5, 5.41) is 0. The van der Waals surface area contributed by atoms with E-state index in [0.717, 1.165) is 35.7 Å². The van der Waals surface area contributed by atoms with E-state index in [0.29, 0.717) is 11.9 Å². The van der Waals surface area contributed by atoms with E-state index in [1.807, 2.05) is 12.1 Å². The van der Waals surface area contributed by atoms with E-state index in [1.54, 1.807) is 7.11 Å². The Hall–Kier alpha value is -1.26. The van der Waals surface area contributed by atoms with Crippen molar-refractivity contribution in [2.24, 2.45) is 0 Å². The molecule has 1 aromatic carbocycles. The molecule has 0 unspecified atom stereocenters. The predicted octanol–water partition coefficient (Wildman–Crippen LogP) is 3.12. The third kappa shape index (κ3) is 2.91. The minimum Gasteiger partial charge on any atom is -0.494 e. The number of para-hydroxylation sites is 1. The van der Waals surface area contributed by atoms with Gasteiger partial charge < -0.3 is 14.2 Å². The molecule has 0 aliphatic carbocycles. The number of alkyl halides is 1. The van der Waals surface area contributed by atoms with E-state index in [2.05, 4.69) is 41.4 Å². The van der Waals surface area contributed by atoms with Crippen LogP contribution in [0.5, 0.6) is 5.75 Å². The van der Waals surface area contributed by atoms with E-state index < -0.39 is 0 Å². The Balaban J connectivity index is 2.36. The molecule has 0 aliphatic rings. The van der Waals surface area contributed by atoms with Crippen LogP contribution in [0.15, 0.2) is 18.2 Å². The van der Waals surface area contributed by atoms with Gasteiger partial charge in [-0.2, -0.15) is 0 Å². The largest absolute Gasteiger partial charge is 0.494 e. The maximum absolute atomic E-state index is 6.04. The summed E-state index contributed by atoms with van der Waals surface area (Å²) in [7, 11) is 3.80. The van der Waals surface area contributed by atoms with Crippen molar-refractivity contribution in [2.75, 3.05) is 20.7 Å². The summed E-state index contributed by atoms with van der Waals surface area (Å²) >= 11 is 6.04. The molecule has 0 atom stereocenters. The van der Waals surface area contributed by atoms with Crippen LogP contribution in [0.25, 0.3) is 11.0 Å². The van der Waals surface area contributed by atoms with E-state index >= 15 is 0 Å². The van der Waals surface area contributed by atoms with Crippen LogP contribution in [-0.2, 0) is 12.4 Å². The molecule has 110 valence electrons. The Kier molecular flexibility index (Phi) is 4.89. The second-order valence-electron chi connectivity index (χ2n) is 5.22. The number of benzene rings is 1. The molecule has 20 heavy (non-hydrogen) atoms. The number of hydrogen-bond donors (Lipinski definition) is 0. The summed E-state index contributed by atoms with van der Waals surface area (Å²) in [5.74, 6) is 2.09. The SMILES string of the molecule is COc1cccc2c1nc(CCl)n2CCN(C)C(C)C. The van der Waals surface area contributed by atoms with Gasteiger partial charge in [-0.1, -0.05) is 6.07 Å². The minimum atomic E-state index is 0.406. The topological polar surface area (TPSA) is 30.3 Å². The first kappa shape index (κ1) is 15.1. The molecule has 2 aromatic rings. The number of hydrogen-bond acceptors (Lipinski definition) is 3. The van der Waals surface area contributed by atoms with Gasteiger partial charge in [0.15, 0.2) is 0 Å². The summed E-state index contributed by atoms with van der Waals surface area (Å²) in [6.45, 7) is 6.22. The van der Waals surface area contributed by atoms with E-state index in [1.165, 1.54) is 0 Å². The first-order chi connectivity index (χ1) is 9.58. The van der Waals surface area contributed by atoms with Gasteiger partial charge >= 0.3 is 0 Å². The fourth-order valence-electron chi connectivity index (χ4n) is 2.20. The molecule has 0 aliphatic heterocycles. The molecule has 0 N–H and O–H groups in total. The number of fused-ring (bicyclic) bond motifs is 1. The molecular formula is C15H22ClN3O. The van der Waals surface area contributed by atoms with Crippen molar-refractivity contribution in [2.45, 2.75) is 32.3 Å². The molecule has 1 aromatic heterocycles. The third-order valence-corrected chi connectivity index (χ3v) is 3.96. The van der Waals surface area contributed by atoms with E-state index in [-0.39, 0.29) is 0 Å². The van der Waals surface area contributed by atoms with Crippen LogP contribution in [0.1, 0.15) is 19.7 Å². The van der Waals surface area contributed by atoms with Crippen LogP contribution < -0.4 is 4.74 Å². The standard InChI is InChI=1S/C15H22ClN3O/c1-11(2)18(3)8-9-19-12-6-5-7-13(20-4)15(12)17-14(19)10-16/h5-7,11H,8-10H2,1-4H3. The summed E-state index contributed by atoms with van der Waals surface area (Å²) in [5.41, 5.74) is 1.97. The molecule has 0 saturated carbocycles. The van der Waals surface area contributed by atoms with Gasteiger partial charge in [0, 0.05) is 19.1 Å². The molecular weight excluding hydrogens is 274 g/mol. The predicted molar refractivity (Wildman–Crippen MR) is 83.6 cm³/mol. The molecule has 0 fully saturated rings. The first-order valence-corrected chi connectivity index (χ1v) is 7.40. The maximum atomic E-state index is 6.04. The molecule has 0 bridgehead atoms. The highest BCUT2D eigenvalue weighted by molar-refractivity contribution is 6.16. The fraction of sp³-hybridized carbons (Fsp3) is 0.533. The zero-order chi connectivity index (χ0) is 14.7. The average molecular weight is 296 g/mol. The van der Waals surface area contributed by atoms with Crippen LogP contribution in [0.2, 0.25) is 0 Å². The van der Waals surface area contributed by atoms with Gasteiger partial charge in [0.1, 0.15) is 17.1 Å². The minimum absolute atomic E-state index is 0.406. The molecule has 0 radical (unpaired) electrons. The van der Waals surface area contributed by atoms with Crippen molar-refractivity contribution in [3.05, 3.63) is 24.0 Å². The summed E-state index contributed by atoms with van der Waals surface area (Å²) in [4.78, 5) is 6.92. The number of likely N-dealkylation sites (N-methyl/N-ethyl adjacent to an activating group) is 1. The lowest BCUT2D eigenvalue weighted by molar-refractivity contribution is 0.263. The fourth-order valence-corrected chi connectivity index (χ4v) is 2.41. The van der Waals surface area contributed by atoms with Crippen molar-refractivity contribution in [3.63, 3.8) is 0 Å². The number of aromatic nitrogens is 2. The smallest absolute Gasteiger partial charge is 0.146 e. The normalized spacial score (nSPS) is 11.8. The van der Waals surface area contributed by atoms with Gasteiger partial charge in [-0.25, -0.2) is 4.98 Å². The van der Waals surface area contributed by atoms with Crippen molar-refractivity contribution < 1.29 is 4.74 Å². The Morgan fingerprint density at radius 1 is 1.40 bits per heavy atom. The van der Waals surface area contributed by atoms with Crippen LogP contribution in [-0.4, -0.2) is 41.2 Å². The second-order valence-corrected chi connectivity index (χ2v) is 5.48.